The van der Waals surface area contributed by atoms with Crippen molar-refractivity contribution in [3.8, 4) is 0 Å². The van der Waals surface area contributed by atoms with Crippen LogP contribution in [0.1, 0.15) is 18.5 Å². The second-order valence-electron chi connectivity index (χ2n) is 6.64. The van der Waals surface area contributed by atoms with Crippen molar-refractivity contribution in [2.45, 2.75) is 38.1 Å². The maximum atomic E-state index is 12.1. The summed E-state index contributed by atoms with van der Waals surface area (Å²) in [6, 6.07) is 6.66. The number of piperidine rings is 1. The molecule has 1 aliphatic heterocycles. The first kappa shape index (κ1) is 19.0. The van der Waals surface area contributed by atoms with Gasteiger partial charge in [0.1, 0.15) is 0 Å². The lowest BCUT2D eigenvalue weighted by molar-refractivity contribution is -0.123. The van der Waals surface area contributed by atoms with Gasteiger partial charge in [0, 0.05) is 51.1 Å². The number of β-amino-alcohol motifs (C(OH)–C–C–N with tert-alkyl or cyclic N) is 1. The summed E-state index contributed by atoms with van der Waals surface area (Å²) in [6.45, 7) is 2.03. The van der Waals surface area contributed by atoms with Gasteiger partial charge in [-0.2, -0.15) is 0 Å². The minimum Gasteiger partial charge on any atom is -0.390 e. The molecule has 9 heteroatoms. The molecule has 2 atom stereocenters. The monoisotopic (exact) mass is 373 g/mol. The number of nitrogens with zero attached hydrogens (tertiary/aromatic N) is 3. The van der Waals surface area contributed by atoms with E-state index in [-0.39, 0.29) is 24.9 Å². The van der Waals surface area contributed by atoms with Crippen LogP contribution in [0.2, 0.25) is 0 Å². The van der Waals surface area contributed by atoms with Crippen LogP contribution in [0.4, 0.5) is 0 Å². The molecule has 0 radical (unpaired) electrons. The number of aliphatic hydroxyl groups is 1. The fourth-order valence-corrected chi connectivity index (χ4v) is 3.15. The molecule has 0 spiro atoms. The molecule has 0 bridgehead atoms. The molecule has 2 aromatic rings. The number of aromatic nitrogens is 3. The summed E-state index contributed by atoms with van der Waals surface area (Å²) >= 11 is 0. The molecular weight excluding hydrogens is 350 g/mol. The highest BCUT2D eigenvalue weighted by Crippen LogP contribution is 2.14. The van der Waals surface area contributed by atoms with E-state index >= 15 is 0 Å². The third-order valence-electron chi connectivity index (χ3n) is 4.60. The molecule has 0 aliphatic carbocycles. The van der Waals surface area contributed by atoms with E-state index in [1.54, 1.807) is 6.20 Å². The Balaban J connectivity index is 1.46. The van der Waals surface area contributed by atoms with Crippen molar-refractivity contribution >= 4 is 5.91 Å². The lowest BCUT2D eigenvalue weighted by Crippen LogP contribution is -2.53. The number of pyridine rings is 1. The second kappa shape index (κ2) is 8.74. The van der Waals surface area contributed by atoms with Gasteiger partial charge in [0.2, 0.25) is 5.91 Å². The molecule has 0 aromatic carbocycles. The van der Waals surface area contributed by atoms with Crippen LogP contribution in [-0.2, 0) is 17.9 Å². The molecule has 1 fully saturated rings. The minimum absolute atomic E-state index is 0.0901. The van der Waals surface area contributed by atoms with Crippen LogP contribution in [0.25, 0.3) is 0 Å². The molecule has 1 amide bonds. The highest BCUT2D eigenvalue weighted by atomic mass is 16.3. The Kier molecular flexibility index (Phi) is 6.15. The minimum atomic E-state index is -0.665. The number of carbonyl (C=O) groups is 1. The van der Waals surface area contributed by atoms with Gasteiger partial charge in [-0.05, 0) is 18.6 Å². The number of aromatic amines is 1. The van der Waals surface area contributed by atoms with Gasteiger partial charge in [0.05, 0.1) is 17.8 Å². The Hall–Kier alpha value is -2.78. The number of hydrogen-bond donors (Lipinski definition) is 3. The predicted octanol–water partition coefficient (Wildman–Crippen LogP) is -0.927. The summed E-state index contributed by atoms with van der Waals surface area (Å²) in [6.07, 6.45) is 3.17. The van der Waals surface area contributed by atoms with E-state index in [4.69, 9.17) is 0 Å². The lowest BCUT2D eigenvalue weighted by Gasteiger charge is -2.36. The molecular formula is C18H23N5O4. The smallest absolute Gasteiger partial charge is 0.328 e. The summed E-state index contributed by atoms with van der Waals surface area (Å²) in [4.78, 5) is 43.3. The molecule has 144 valence electrons. The zero-order valence-corrected chi connectivity index (χ0v) is 14.9. The first-order chi connectivity index (χ1) is 13.0. The molecule has 3 rings (SSSR count). The number of nitrogens with one attached hydrogen (secondary N) is 2. The SMILES string of the molecule is O=C(CCn1ccc(=O)[nH]c1=O)N[C@@H]1CCN(Cc2ccccn2)C[C@H]1O. The van der Waals surface area contributed by atoms with Crippen LogP contribution in [0.15, 0.2) is 46.2 Å². The van der Waals surface area contributed by atoms with Crippen LogP contribution in [0.5, 0.6) is 0 Å². The Bertz CT molecular complexity index is 879. The van der Waals surface area contributed by atoms with E-state index < -0.39 is 17.4 Å². The quantitative estimate of drug-likeness (QED) is 0.602. The summed E-state index contributed by atoms with van der Waals surface area (Å²) in [5, 5.41) is 13.2. The number of likely N-dealkylation sites (tertiary alicyclic amines) is 1. The number of hydrogen-bond acceptors (Lipinski definition) is 6. The number of rotatable bonds is 6. The van der Waals surface area contributed by atoms with Gasteiger partial charge >= 0.3 is 5.69 Å². The largest absolute Gasteiger partial charge is 0.390 e. The molecule has 3 heterocycles. The standard InChI is InChI=1S/C18H23N5O4/c24-15-12-22(11-13-3-1-2-7-19-13)8-4-14(15)20-16(25)5-9-23-10-6-17(26)21-18(23)27/h1-3,6-7,10,14-15,24H,4-5,8-9,11-12H2,(H,20,25)(H,21,26,27)/t14-,15-/m1/s1. The van der Waals surface area contributed by atoms with E-state index in [9.17, 15) is 19.5 Å². The zero-order valence-electron chi connectivity index (χ0n) is 14.9. The fourth-order valence-electron chi connectivity index (χ4n) is 3.15. The van der Waals surface area contributed by atoms with E-state index in [1.807, 2.05) is 18.2 Å². The van der Waals surface area contributed by atoms with Gasteiger partial charge in [-0.3, -0.25) is 24.5 Å². The number of aliphatic hydroxyl groups excluding tert-OH is 1. The van der Waals surface area contributed by atoms with Gasteiger partial charge in [0.25, 0.3) is 5.56 Å². The lowest BCUT2D eigenvalue weighted by atomic mass is 10.0. The number of carbonyl (C=O) groups excluding carboxylic acids is 1. The molecule has 0 saturated carbocycles. The normalized spacial score (nSPS) is 20.3. The van der Waals surface area contributed by atoms with E-state index in [0.717, 1.165) is 12.2 Å². The molecule has 27 heavy (non-hydrogen) atoms. The Labute approximate surface area is 155 Å². The van der Waals surface area contributed by atoms with E-state index in [0.29, 0.717) is 19.5 Å². The third kappa shape index (κ3) is 5.35. The highest BCUT2D eigenvalue weighted by molar-refractivity contribution is 5.76. The highest BCUT2D eigenvalue weighted by Gasteiger charge is 2.28. The van der Waals surface area contributed by atoms with Gasteiger partial charge < -0.3 is 15.0 Å². The van der Waals surface area contributed by atoms with Crippen molar-refractivity contribution in [3.05, 3.63) is 63.2 Å². The van der Waals surface area contributed by atoms with Crippen molar-refractivity contribution in [2.24, 2.45) is 0 Å². The maximum absolute atomic E-state index is 12.1. The number of aryl methyl sites for hydroxylation is 1. The Morgan fingerprint density at radius 1 is 1.33 bits per heavy atom. The van der Waals surface area contributed by atoms with Gasteiger partial charge in [-0.25, -0.2) is 4.79 Å². The van der Waals surface area contributed by atoms with Crippen LogP contribution in [0, 0.1) is 0 Å². The number of H-pyrrole nitrogens is 1. The molecule has 3 N–H and O–H groups in total. The van der Waals surface area contributed by atoms with Crippen LogP contribution >= 0.6 is 0 Å². The topological polar surface area (TPSA) is 120 Å². The van der Waals surface area contributed by atoms with Crippen molar-refractivity contribution in [2.75, 3.05) is 13.1 Å². The first-order valence-electron chi connectivity index (χ1n) is 8.91. The van der Waals surface area contributed by atoms with Crippen LogP contribution < -0.4 is 16.6 Å². The summed E-state index contributed by atoms with van der Waals surface area (Å²) in [5.41, 5.74) is -0.0713. The van der Waals surface area contributed by atoms with Crippen molar-refractivity contribution < 1.29 is 9.90 Å². The fraction of sp³-hybridized carbons (Fsp3) is 0.444. The molecule has 1 saturated heterocycles. The number of amides is 1. The summed E-state index contributed by atoms with van der Waals surface area (Å²) < 4.78 is 1.27. The van der Waals surface area contributed by atoms with Crippen molar-refractivity contribution in [1.82, 2.24) is 24.8 Å². The maximum Gasteiger partial charge on any atom is 0.328 e. The third-order valence-corrected chi connectivity index (χ3v) is 4.60. The Morgan fingerprint density at radius 2 is 2.19 bits per heavy atom. The zero-order chi connectivity index (χ0) is 19.2. The van der Waals surface area contributed by atoms with Gasteiger partial charge in [-0.15, -0.1) is 0 Å². The van der Waals surface area contributed by atoms with Crippen molar-refractivity contribution in [1.29, 1.82) is 0 Å². The average molecular weight is 373 g/mol. The predicted molar refractivity (Wildman–Crippen MR) is 98.0 cm³/mol. The Morgan fingerprint density at radius 3 is 2.89 bits per heavy atom. The molecule has 1 aliphatic rings. The van der Waals surface area contributed by atoms with E-state index in [1.165, 1.54) is 16.8 Å². The first-order valence-corrected chi connectivity index (χ1v) is 8.91. The molecule has 0 unspecified atom stereocenters. The molecule has 2 aromatic heterocycles. The van der Waals surface area contributed by atoms with Gasteiger partial charge in [0.15, 0.2) is 0 Å². The molecule has 9 nitrogen and oxygen atoms in total. The average Bonchev–Trinajstić information content (AvgIpc) is 2.64. The summed E-state index contributed by atoms with van der Waals surface area (Å²) in [7, 11) is 0. The summed E-state index contributed by atoms with van der Waals surface area (Å²) in [5.74, 6) is -0.240. The second-order valence-corrected chi connectivity index (χ2v) is 6.64. The van der Waals surface area contributed by atoms with Crippen molar-refractivity contribution in [3.63, 3.8) is 0 Å². The van der Waals surface area contributed by atoms with Gasteiger partial charge in [-0.1, -0.05) is 6.07 Å². The van der Waals surface area contributed by atoms with Crippen LogP contribution in [-0.4, -0.2) is 55.7 Å². The van der Waals surface area contributed by atoms with E-state index in [2.05, 4.69) is 20.2 Å². The van der Waals surface area contributed by atoms with Crippen LogP contribution in [0.3, 0.4) is 0 Å².